The van der Waals surface area contributed by atoms with Gasteiger partial charge in [0.15, 0.2) is 0 Å². The van der Waals surface area contributed by atoms with Crippen LogP contribution in [0.3, 0.4) is 0 Å². The van der Waals surface area contributed by atoms with Crippen molar-refractivity contribution in [2.45, 2.75) is 45.1 Å². The molecule has 0 fully saturated rings. The second-order valence-corrected chi connectivity index (χ2v) is 6.77. The molecule has 1 rings (SSSR count). The molecule has 5 heteroatoms. The molecular weight excluding hydrogens is 238 g/mol. The highest BCUT2D eigenvalue weighted by molar-refractivity contribution is 7.89. The summed E-state index contributed by atoms with van der Waals surface area (Å²) in [5.41, 5.74) is 1.24. The number of nitrogens with one attached hydrogen (secondary N) is 1. The van der Waals surface area contributed by atoms with Crippen molar-refractivity contribution in [1.29, 1.82) is 0 Å². The zero-order valence-corrected chi connectivity index (χ0v) is 11.7. The fraction of sp³-hybridized carbons (Fsp3) is 0.500. The second-order valence-electron chi connectivity index (χ2n) is 5.12. The van der Waals surface area contributed by atoms with Gasteiger partial charge in [0.2, 0.25) is 0 Å². The van der Waals surface area contributed by atoms with Crippen molar-refractivity contribution in [3.63, 3.8) is 0 Å². The number of aryl methyl sites for hydroxylation is 2. The summed E-state index contributed by atoms with van der Waals surface area (Å²) in [5, 5.41) is 0. The van der Waals surface area contributed by atoms with Crippen molar-refractivity contribution in [3.8, 4) is 0 Å². The number of sulfonamides is 1. The van der Waals surface area contributed by atoms with Crippen LogP contribution >= 0.6 is 0 Å². The summed E-state index contributed by atoms with van der Waals surface area (Å²) in [5.74, 6) is 0. The van der Waals surface area contributed by atoms with Gasteiger partial charge in [-0.2, -0.15) is 0 Å². The molecule has 4 nitrogen and oxygen atoms in total. The Morgan fingerprint density at radius 2 is 1.53 bits per heavy atom. The van der Waals surface area contributed by atoms with Gasteiger partial charge >= 0.3 is 0 Å². The van der Waals surface area contributed by atoms with Crippen LogP contribution in [0.15, 0.2) is 23.1 Å². The lowest BCUT2D eigenvalue weighted by molar-refractivity contribution is -0.0357. The highest BCUT2D eigenvalue weighted by Crippen LogP contribution is 2.15. The van der Waals surface area contributed by atoms with E-state index in [1.807, 2.05) is 19.9 Å². The maximum Gasteiger partial charge on any atom is 0.262 e. The Balaban J connectivity index is 2.98. The maximum atomic E-state index is 11.9. The molecule has 1 N–H and O–H groups in total. The predicted octanol–water partition coefficient (Wildman–Crippen LogP) is 2.31. The van der Waals surface area contributed by atoms with Gasteiger partial charge in [0.1, 0.15) is 0 Å². The van der Waals surface area contributed by atoms with Crippen LogP contribution in [-0.2, 0) is 14.9 Å². The summed E-state index contributed by atoms with van der Waals surface area (Å²) in [6.07, 6.45) is 0. The average Bonchev–Trinajstić information content (AvgIpc) is 2.12. The van der Waals surface area contributed by atoms with E-state index < -0.39 is 15.6 Å². The Hall–Kier alpha value is -0.910. The maximum absolute atomic E-state index is 11.9. The Morgan fingerprint density at radius 3 is 1.94 bits per heavy atom. The van der Waals surface area contributed by atoms with Gasteiger partial charge < -0.3 is 0 Å². The first-order chi connectivity index (χ1) is 7.60. The Bertz CT molecular complexity index is 481. The monoisotopic (exact) mass is 257 g/mol. The van der Waals surface area contributed by atoms with E-state index in [-0.39, 0.29) is 4.90 Å². The van der Waals surface area contributed by atoms with Crippen molar-refractivity contribution in [1.82, 2.24) is 4.89 Å². The van der Waals surface area contributed by atoms with Crippen LogP contribution in [-0.4, -0.2) is 14.0 Å². The number of hydrogen-bond donors (Lipinski definition) is 1. The summed E-state index contributed by atoms with van der Waals surface area (Å²) in [6.45, 7) is 9.04. The molecule has 0 aliphatic carbocycles. The minimum Gasteiger partial charge on any atom is -0.281 e. The normalized spacial score (nSPS) is 12.8. The van der Waals surface area contributed by atoms with Gasteiger partial charge in [0.25, 0.3) is 10.0 Å². The molecule has 0 amide bonds. The molecule has 0 aromatic heterocycles. The van der Waals surface area contributed by atoms with Gasteiger partial charge in [0, 0.05) is 0 Å². The molecule has 0 aliphatic rings. The molecule has 1 aromatic carbocycles. The Labute approximate surface area is 103 Å². The van der Waals surface area contributed by atoms with Crippen molar-refractivity contribution in [2.24, 2.45) is 0 Å². The van der Waals surface area contributed by atoms with E-state index in [9.17, 15) is 8.42 Å². The number of benzene rings is 1. The van der Waals surface area contributed by atoms with Crippen LogP contribution in [0.2, 0.25) is 0 Å². The van der Waals surface area contributed by atoms with E-state index >= 15 is 0 Å². The van der Waals surface area contributed by atoms with Crippen LogP contribution in [0.25, 0.3) is 0 Å². The standard InChI is InChI=1S/C12H19NO3S/c1-9-6-10(2)8-11(7-9)17(14,15)13-16-12(3,4)5/h6-8,13H,1-5H3. The van der Waals surface area contributed by atoms with Gasteiger partial charge in [-0.3, -0.25) is 4.84 Å². The quantitative estimate of drug-likeness (QED) is 0.845. The molecule has 0 spiro atoms. The topological polar surface area (TPSA) is 55.4 Å². The molecule has 0 bridgehead atoms. The Kier molecular flexibility index (Phi) is 3.96. The van der Waals surface area contributed by atoms with Crippen LogP contribution in [0.1, 0.15) is 31.9 Å². The van der Waals surface area contributed by atoms with Crippen molar-refractivity contribution in [2.75, 3.05) is 0 Å². The van der Waals surface area contributed by atoms with Gasteiger partial charge in [0.05, 0.1) is 10.5 Å². The number of rotatable bonds is 3. The summed E-state index contributed by atoms with van der Waals surface area (Å²) in [6, 6.07) is 5.15. The summed E-state index contributed by atoms with van der Waals surface area (Å²) in [7, 11) is -3.61. The smallest absolute Gasteiger partial charge is 0.262 e. The predicted molar refractivity (Wildman–Crippen MR) is 67.1 cm³/mol. The zero-order chi connectivity index (χ0) is 13.3. The molecule has 0 unspecified atom stereocenters. The first-order valence-corrected chi connectivity index (χ1v) is 6.87. The first kappa shape index (κ1) is 14.2. The number of hydrogen-bond acceptors (Lipinski definition) is 3. The molecule has 1 aromatic rings. The summed E-state index contributed by atoms with van der Waals surface area (Å²) < 4.78 is 23.9. The summed E-state index contributed by atoms with van der Waals surface area (Å²) in [4.78, 5) is 7.45. The molecule has 0 heterocycles. The van der Waals surface area contributed by atoms with Gasteiger partial charge in [-0.1, -0.05) is 11.0 Å². The lowest BCUT2D eigenvalue weighted by atomic mass is 10.2. The fourth-order valence-electron chi connectivity index (χ4n) is 1.32. The minimum atomic E-state index is -3.61. The van der Waals surface area contributed by atoms with E-state index in [4.69, 9.17) is 4.84 Å². The van der Waals surface area contributed by atoms with E-state index in [1.54, 1.807) is 32.9 Å². The van der Waals surface area contributed by atoms with Gasteiger partial charge in [-0.25, -0.2) is 8.42 Å². The lowest BCUT2D eigenvalue weighted by Gasteiger charge is -2.19. The fourth-order valence-corrected chi connectivity index (χ4v) is 2.45. The van der Waals surface area contributed by atoms with E-state index in [0.29, 0.717) is 0 Å². The lowest BCUT2D eigenvalue weighted by Crippen LogP contribution is -2.33. The third kappa shape index (κ3) is 4.46. The first-order valence-electron chi connectivity index (χ1n) is 5.38. The highest BCUT2D eigenvalue weighted by atomic mass is 32.2. The van der Waals surface area contributed by atoms with Crippen LogP contribution < -0.4 is 4.89 Å². The van der Waals surface area contributed by atoms with Gasteiger partial charge in [-0.15, -0.1) is 0 Å². The minimum absolute atomic E-state index is 0.222. The molecule has 0 saturated carbocycles. The Morgan fingerprint density at radius 1 is 1.06 bits per heavy atom. The average molecular weight is 257 g/mol. The third-order valence-electron chi connectivity index (χ3n) is 1.96. The zero-order valence-electron chi connectivity index (χ0n) is 10.9. The molecule has 0 aliphatic heterocycles. The van der Waals surface area contributed by atoms with Crippen molar-refractivity contribution >= 4 is 10.0 Å². The molecule has 17 heavy (non-hydrogen) atoms. The highest BCUT2D eigenvalue weighted by Gasteiger charge is 2.19. The largest absolute Gasteiger partial charge is 0.281 e. The van der Waals surface area contributed by atoms with E-state index in [0.717, 1.165) is 11.1 Å². The molecule has 96 valence electrons. The second kappa shape index (κ2) is 4.76. The van der Waals surface area contributed by atoms with E-state index in [1.165, 1.54) is 0 Å². The third-order valence-corrected chi connectivity index (χ3v) is 3.12. The molecule has 0 radical (unpaired) electrons. The van der Waals surface area contributed by atoms with Crippen LogP contribution in [0, 0.1) is 13.8 Å². The van der Waals surface area contributed by atoms with Crippen LogP contribution in [0.4, 0.5) is 0 Å². The van der Waals surface area contributed by atoms with E-state index in [2.05, 4.69) is 4.89 Å². The summed E-state index contributed by atoms with van der Waals surface area (Å²) >= 11 is 0. The SMILES string of the molecule is Cc1cc(C)cc(S(=O)(=O)NOC(C)(C)C)c1. The molecule has 0 saturated heterocycles. The van der Waals surface area contributed by atoms with Crippen molar-refractivity contribution in [3.05, 3.63) is 29.3 Å². The van der Waals surface area contributed by atoms with Crippen molar-refractivity contribution < 1.29 is 13.3 Å². The van der Waals surface area contributed by atoms with Crippen LogP contribution in [0.5, 0.6) is 0 Å². The molecule has 0 atom stereocenters. The van der Waals surface area contributed by atoms with Gasteiger partial charge in [-0.05, 0) is 57.9 Å². The molecular formula is C12H19NO3S.